The molecule has 1 aromatic heterocycles. The molecule has 0 spiro atoms. The molecule has 2 N–H and O–H groups in total. The Morgan fingerprint density at radius 2 is 1.92 bits per heavy atom. The lowest BCUT2D eigenvalue weighted by molar-refractivity contribution is -0.128. The van der Waals surface area contributed by atoms with Crippen LogP contribution in [0.2, 0.25) is 0 Å². The molecule has 0 saturated heterocycles. The molecule has 0 atom stereocenters. The van der Waals surface area contributed by atoms with Gasteiger partial charge < -0.3 is 10.6 Å². The van der Waals surface area contributed by atoms with Crippen molar-refractivity contribution in [2.45, 2.75) is 45.6 Å². The van der Waals surface area contributed by atoms with Gasteiger partial charge in [-0.05, 0) is 38.0 Å². The highest BCUT2D eigenvalue weighted by atomic mass is 19.1. The van der Waals surface area contributed by atoms with Gasteiger partial charge in [-0.1, -0.05) is 25.5 Å². The molecule has 0 radical (unpaired) electrons. The normalized spacial score (nSPS) is 11.2. The molecule has 7 heteroatoms. The minimum absolute atomic E-state index is 0.127. The topological polar surface area (TPSA) is 76.0 Å². The Bertz CT molecular complexity index is 753. The number of amides is 2. The summed E-state index contributed by atoms with van der Waals surface area (Å²) in [6, 6.07) is 5.78. The van der Waals surface area contributed by atoms with Crippen LogP contribution in [0.5, 0.6) is 0 Å². The van der Waals surface area contributed by atoms with Crippen molar-refractivity contribution < 1.29 is 14.0 Å². The number of hydrogen-bond acceptors (Lipinski definition) is 3. The maximum absolute atomic E-state index is 12.9. The van der Waals surface area contributed by atoms with Gasteiger partial charge in [-0.15, -0.1) is 0 Å². The predicted molar refractivity (Wildman–Crippen MR) is 98.2 cm³/mol. The lowest BCUT2D eigenvalue weighted by Crippen LogP contribution is -2.45. The Labute approximate surface area is 152 Å². The summed E-state index contributed by atoms with van der Waals surface area (Å²) in [5, 5.41) is 9.83. The molecule has 2 aromatic rings. The van der Waals surface area contributed by atoms with E-state index in [0.717, 1.165) is 12.8 Å². The van der Waals surface area contributed by atoms with Crippen LogP contribution in [0.15, 0.2) is 36.7 Å². The Balaban J connectivity index is 1.96. The van der Waals surface area contributed by atoms with E-state index in [-0.39, 0.29) is 24.1 Å². The van der Waals surface area contributed by atoms with E-state index in [2.05, 4.69) is 22.7 Å². The lowest BCUT2D eigenvalue weighted by Gasteiger charge is -2.24. The van der Waals surface area contributed by atoms with Crippen molar-refractivity contribution in [1.82, 2.24) is 15.1 Å². The summed E-state index contributed by atoms with van der Waals surface area (Å²) in [7, 11) is 0. The molecule has 140 valence electrons. The fraction of sp³-hybridized carbons (Fsp3) is 0.421. The average Bonchev–Trinajstić information content (AvgIpc) is 3.06. The summed E-state index contributed by atoms with van der Waals surface area (Å²) in [4.78, 5) is 24.5. The number of nitrogens with one attached hydrogen (secondary N) is 2. The zero-order valence-corrected chi connectivity index (χ0v) is 15.4. The summed E-state index contributed by atoms with van der Waals surface area (Å²) < 4.78 is 14.4. The van der Waals surface area contributed by atoms with Gasteiger partial charge in [-0.3, -0.25) is 14.3 Å². The summed E-state index contributed by atoms with van der Waals surface area (Å²) in [5.74, 6) is -0.700. The maximum atomic E-state index is 12.9. The van der Waals surface area contributed by atoms with Crippen LogP contribution in [0, 0.1) is 5.82 Å². The van der Waals surface area contributed by atoms with E-state index in [0.29, 0.717) is 17.8 Å². The van der Waals surface area contributed by atoms with Gasteiger partial charge in [0.25, 0.3) is 0 Å². The first kappa shape index (κ1) is 19.6. The molecule has 2 rings (SSSR count). The number of hydrogen-bond donors (Lipinski definition) is 2. The van der Waals surface area contributed by atoms with E-state index in [1.54, 1.807) is 32.2 Å². The third-order valence-corrected chi connectivity index (χ3v) is 4.09. The van der Waals surface area contributed by atoms with Crippen molar-refractivity contribution in [3.8, 4) is 0 Å². The average molecular weight is 360 g/mol. The Kier molecular flexibility index (Phi) is 6.49. The molecule has 2 amide bonds. The van der Waals surface area contributed by atoms with E-state index >= 15 is 0 Å². The number of halogens is 1. The van der Waals surface area contributed by atoms with Crippen LogP contribution < -0.4 is 10.6 Å². The molecule has 0 fully saturated rings. The number of carbonyl (C=O) groups excluding carboxylic acids is 2. The van der Waals surface area contributed by atoms with Gasteiger partial charge >= 0.3 is 0 Å². The van der Waals surface area contributed by atoms with Gasteiger partial charge in [0.2, 0.25) is 11.8 Å². The highest BCUT2D eigenvalue weighted by Gasteiger charge is 2.30. The molecule has 6 nitrogen and oxygen atoms in total. The van der Waals surface area contributed by atoms with Gasteiger partial charge in [0.15, 0.2) is 0 Å². The minimum Gasteiger partial charge on any atom is -0.354 e. The lowest BCUT2D eigenvalue weighted by atomic mass is 10.1. The monoisotopic (exact) mass is 360 g/mol. The van der Waals surface area contributed by atoms with Gasteiger partial charge in [-0.2, -0.15) is 5.10 Å². The number of anilines is 1. The molecule has 0 unspecified atom stereocenters. The third kappa shape index (κ3) is 5.15. The van der Waals surface area contributed by atoms with E-state index in [1.165, 1.54) is 23.0 Å². The summed E-state index contributed by atoms with van der Waals surface area (Å²) in [6.07, 6.45) is 5.19. The van der Waals surface area contributed by atoms with Crippen molar-refractivity contribution in [1.29, 1.82) is 0 Å². The van der Waals surface area contributed by atoms with Crippen LogP contribution in [0.3, 0.4) is 0 Å². The van der Waals surface area contributed by atoms with Crippen LogP contribution in [-0.2, 0) is 21.5 Å². The van der Waals surface area contributed by atoms with Gasteiger partial charge in [0.05, 0.1) is 18.3 Å². The third-order valence-electron chi connectivity index (χ3n) is 4.09. The molecule has 0 aliphatic heterocycles. The zero-order valence-electron chi connectivity index (χ0n) is 15.4. The number of aromatic nitrogens is 2. The van der Waals surface area contributed by atoms with E-state index in [4.69, 9.17) is 0 Å². The second kappa shape index (κ2) is 8.60. The molecule has 1 aromatic carbocycles. The van der Waals surface area contributed by atoms with Gasteiger partial charge in [0, 0.05) is 12.7 Å². The maximum Gasteiger partial charge on any atom is 0.247 e. The standard InChI is InChI=1S/C19H25FN4O2/c1-4-5-10-21-18(26)19(2,3)24-13-16(12-22-24)23-17(25)11-14-6-8-15(20)9-7-14/h6-9,12-13H,4-5,10-11H2,1-3H3,(H,21,26)(H,23,25). The SMILES string of the molecule is CCCCNC(=O)C(C)(C)n1cc(NC(=O)Cc2ccc(F)cc2)cn1. The molecule has 0 aliphatic rings. The van der Waals surface area contributed by atoms with Crippen LogP contribution in [0.1, 0.15) is 39.2 Å². The van der Waals surface area contributed by atoms with Crippen molar-refractivity contribution in [2.75, 3.05) is 11.9 Å². The zero-order chi connectivity index (χ0) is 19.2. The smallest absolute Gasteiger partial charge is 0.247 e. The Morgan fingerprint density at radius 1 is 1.23 bits per heavy atom. The highest BCUT2D eigenvalue weighted by molar-refractivity contribution is 5.92. The first-order valence-corrected chi connectivity index (χ1v) is 8.70. The molecule has 0 saturated carbocycles. The highest BCUT2D eigenvalue weighted by Crippen LogP contribution is 2.18. The molecular weight excluding hydrogens is 335 g/mol. The van der Waals surface area contributed by atoms with E-state index < -0.39 is 5.54 Å². The van der Waals surface area contributed by atoms with Crippen molar-refractivity contribution in [3.05, 3.63) is 48.0 Å². The van der Waals surface area contributed by atoms with Crippen LogP contribution in [-0.4, -0.2) is 28.1 Å². The summed E-state index contributed by atoms with van der Waals surface area (Å²) in [6.45, 7) is 6.23. The summed E-state index contributed by atoms with van der Waals surface area (Å²) in [5.41, 5.74) is 0.353. The summed E-state index contributed by atoms with van der Waals surface area (Å²) >= 11 is 0. The predicted octanol–water partition coefficient (Wildman–Crippen LogP) is 2.85. The van der Waals surface area contributed by atoms with Crippen LogP contribution in [0.25, 0.3) is 0 Å². The second-order valence-electron chi connectivity index (χ2n) is 6.69. The van der Waals surface area contributed by atoms with Crippen molar-refractivity contribution >= 4 is 17.5 Å². The number of rotatable bonds is 8. The quantitative estimate of drug-likeness (QED) is 0.711. The molecule has 0 aliphatic carbocycles. The van der Waals surface area contributed by atoms with Crippen molar-refractivity contribution in [3.63, 3.8) is 0 Å². The largest absolute Gasteiger partial charge is 0.354 e. The van der Waals surface area contributed by atoms with Crippen LogP contribution in [0.4, 0.5) is 10.1 Å². The van der Waals surface area contributed by atoms with Crippen molar-refractivity contribution in [2.24, 2.45) is 0 Å². The first-order chi connectivity index (χ1) is 12.3. The number of unbranched alkanes of at least 4 members (excludes halogenated alkanes) is 1. The molecule has 1 heterocycles. The molecular formula is C19H25FN4O2. The number of benzene rings is 1. The number of carbonyl (C=O) groups is 2. The van der Waals surface area contributed by atoms with Crippen LogP contribution >= 0.6 is 0 Å². The fourth-order valence-corrected chi connectivity index (χ4v) is 2.38. The van der Waals surface area contributed by atoms with E-state index in [9.17, 15) is 14.0 Å². The fourth-order valence-electron chi connectivity index (χ4n) is 2.38. The number of nitrogens with zero attached hydrogens (tertiary/aromatic N) is 2. The Hall–Kier alpha value is -2.70. The second-order valence-corrected chi connectivity index (χ2v) is 6.69. The van der Waals surface area contributed by atoms with Gasteiger partial charge in [-0.25, -0.2) is 4.39 Å². The minimum atomic E-state index is -0.867. The molecule has 0 bridgehead atoms. The van der Waals surface area contributed by atoms with Gasteiger partial charge in [0.1, 0.15) is 11.4 Å². The molecule has 26 heavy (non-hydrogen) atoms. The van der Waals surface area contributed by atoms with E-state index in [1.807, 2.05) is 0 Å². The first-order valence-electron chi connectivity index (χ1n) is 8.70. The Morgan fingerprint density at radius 3 is 2.58 bits per heavy atom.